The van der Waals surface area contributed by atoms with E-state index in [0.717, 1.165) is 15.0 Å². The Morgan fingerprint density at radius 2 is 2.28 bits per heavy atom. The van der Waals surface area contributed by atoms with Crippen LogP contribution in [-0.2, 0) is 6.42 Å². The van der Waals surface area contributed by atoms with Crippen molar-refractivity contribution in [2.45, 2.75) is 19.4 Å². The summed E-state index contributed by atoms with van der Waals surface area (Å²) in [5, 5.41) is 7.18. The molecule has 1 N–H and O–H groups in total. The van der Waals surface area contributed by atoms with Gasteiger partial charge in [-0.15, -0.1) is 5.10 Å². The number of nitrogens with zero attached hydrogens (tertiary/aromatic N) is 2. The zero-order chi connectivity index (χ0) is 13.1. The number of nitrogens with one attached hydrogen (secondary N) is 1. The average Bonchev–Trinajstić information content (AvgIpc) is 2.75. The first kappa shape index (κ1) is 13.6. The minimum Gasteiger partial charge on any atom is -0.312 e. The Kier molecular flexibility index (Phi) is 4.42. The standard InChI is InChI=1S/C12H13BrFN3S/c1-7-12(18-17-16-7)11(15-2)5-8-3-4-9(13)6-10(8)14/h3-4,6,11,15H,5H2,1-2H3. The van der Waals surface area contributed by atoms with Gasteiger partial charge in [-0.1, -0.05) is 26.5 Å². The van der Waals surface area contributed by atoms with E-state index < -0.39 is 0 Å². The van der Waals surface area contributed by atoms with E-state index >= 15 is 0 Å². The molecule has 0 spiro atoms. The maximum Gasteiger partial charge on any atom is 0.127 e. The molecule has 1 aromatic heterocycles. The molecule has 0 aliphatic rings. The second-order valence-electron chi connectivity index (χ2n) is 4.00. The molecule has 0 saturated heterocycles. The highest BCUT2D eigenvalue weighted by atomic mass is 79.9. The van der Waals surface area contributed by atoms with Crippen LogP contribution in [-0.4, -0.2) is 16.6 Å². The van der Waals surface area contributed by atoms with Gasteiger partial charge in [0.1, 0.15) is 5.82 Å². The molecular formula is C12H13BrFN3S. The van der Waals surface area contributed by atoms with E-state index in [1.165, 1.54) is 17.6 Å². The molecule has 96 valence electrons. The number of hydrogen-bond donors (Lipinski definition) is 1. The Bertz CT molecular complexity index is 544. The summed E-state index contributed by atoms with van der Waals surface area (Å²) < 4.78 is 18.5. The molecule has 0 radical (unpaired) electrons. The summed E-state index contributed by atoms with van der Waals surface area (Å²) in [6, 6.07) is 5.18. The van der Waals surface area contributed by atoms with E-state index in [9.17, 15) is 4.39 Å². The fourth-order valence-electron chi connectivity index (χ4n) is 1.79. The minimum atomic E-state index is -0.195. The molecular weight excluding hydrogens is 317 g/mol. The smallest absolute Gasteiger partial charge is 0.127 e. The average molecular weight is 330 g/mol. The molecule has 0 bridgehead atoms. The SMILES string of the molecule is CNC(Cc1ccc(Br)cc1F)c1snnc1C. The summed E-state index contributed by atoms with van der Waals surface area (Å²) in [5.41, 5.74) is 1.59. The first-order chi connectivity index (χ1) is 8.61. The summed E-state index contributed by atoms with van der Waals surface area (Å²) in [7, 11) is 1.86. The van der Waals surface area contributed by atoms with Gasteiger partial charge in [-0.05, 0) is 49.6 Å². The third-order valence-corrected chi connectivity index (χ3v) is 4.22. The molecule has 1 atom stereocenters. The third kappa shape index (κ3) is 2.93. The quantitative estimate of drug-likeness (QED) is 0.935. The van der Waals surface area contributed by atoms with Crippen LogP contribution in [0.4, 0.5) is 4.39 Å². The van der Waals surface area contributed by atoms with Crippen molar-refractivity contribution >= 4 is 27.5 Å². The van der Waals surface area contributed by atoms with Crippen LogP contribution in [0.25, 0.3) is 0 Å². The predicted octanol–water partition coefficient (Wildman–Crippen LogP) is 3.25. The maximum atomic E-state index is 13.8. The van der Waals surface area contributed by atoms with E-state index in [2.05, 4.69) is 30.8 Å². The van der Waals surface area contributed by atoms with Crippen LogP contribution in [0, 0.1) is 12.7 Å². The first-order valence-corrected chi connectivity index (χ1v) is 7.08. The normalized spacial score (nSPS) is 12.7. The van der Waals surface area contributed by atoms with Crippen LogP contribution in [0.1, 0.15) is 22.2 Å². The topological polar surface area (TPSA) is 37.8 Å². The molecule has 0 aliphatic heterocycles. The highest BCUT2D eigenvalue weighted by molar-refractivity contribution is 9.10. The van der Waals surface area contributed by atoms with Crippen LogP contribution < -0.4 is 5.32 Å². The fourth-order valence-corrected chi connectivity index (χ4v) is 2.88. The van der Waals surface area contributed by atoms with E-state index in [1.54, 1.807) is 6.07 Å². The second kappa shape index (κ2) is 5.86. The Morgan fingerprint density at radius 3 is 2.83 bits per heavy atom. The summed E-state index contributed by atoms with van der Waals surface area (Å²) in [6.07, 6.45) is 0.584. The summed E-state index contributed by atoms with van der Waals surface area (Å²) in [4.78, 5) is 1.06. The van der Waals surface area contributed by atoms with Gasteiger partial charge in [-0.2, -0.15) is 0 Å². The van der Waals surface area contributed by atoms with Gasteiger partial charge in [0.05, 0.1) is 10.6 Å². The number of likely N-dealkylation sites (N-methyl/N-ethyl adjacent to an activating group) is 1. The van der Waals surface area contributed by atoms with Crippen LogP contribution in [0.15, 0.2) is 22.7 Å². The Labute approximate surface area is 118 Å². The van der Waals surface area contributed by atoms with Crippen molar-refractivity contribution in [3.05, 3.63) is 44.6 Å². The van der Waals surface area contributed by atoms with Gasteiger partial charge in [-0.3, -0.25) is 0 Å². The molecule has 1 aromatic carbocycles. The monoisotopic (exact) mass is 329 g/mol. The molecule has 0 fully saturated rings. The lowest BCUT2D eigenvalue weighted by molar-refractivity contribution is 0.557. The number of aromatic nitrogens is 2. The van der Waals surface area contributed by atoms with E-state index in [1.807, 2.05) is 20.0 Å². The lowest BCUT2D eigenvalue weighted by atomic mass is 10.0. The van der Waals surface area contributed by atoms with Gasteiger partial charge >= 0.3 is 0 Å². The highest BCUT2D eigenvalue weighted by Crippen LogP contribution is 2.25. The van der Waals surface area contributed by atoms with Crippen molar-refractivity contribution in [1.29, 1.82) is 0 Å². The lowest BCUT2D eigenvalue weighted by Crippen LogP contribution is -2.19. The molecule has 6 heteroatoms. The van der Waals surface area contributed by atoms with Crippen molar-refractivity contribution in [3.63, 3.8) is 0 Å². The van der Waals surface area contributed by atoms with Crippen molar-refractivity contribution in [3.8, 4) is 0 Å². The molecule has 0 aliphatic carbocycles. The zero-order valence-electron chi connectivity index (χ0n) is 10.1. The molecule has 1 heterocycles. The zero-order valence-corrected chi connectivity index (χ0v) is 12.5. The number of rotatable bonds is 4. The van der Waals surface area contributed by atoms with Gasteiger partial charge in [-0.25, -0.2) is 4.39 Å². The third-order valence-electron chi connectivity index (χ3n) is 2.79. The van der Waals surface area contributed by atoms with Crippen LogP contribution in [0.2, 0.25) is 0 Å². The van der Waals surface area contributed by atoms with Crippen molar-refractivity contribution in [1.82, 2.24) is 14.9 Å². The first-order valence-electron chi connectivity index (χ1n) is 5.52. The van der Waals surface area contributed by atoms with Gasteiger partial charge in [0, 0.05) is 10.5 Å². The number of hydrogen-bond acceptors (Lipinski definition) is 4. The largest absolute Gasteiger partial charge is 0.312 e. The Balaban J connectivity index is 2.23. The van der Waals surface area contributed by atoms with Crippen molar-refractivity contribution in [2.24, 2.45) is 0 Å². The van der Waals surface area contributed by atoms with Gasteiger partial charge in [0.2, 0.25) is 0 Å². The molecule has 2 rings (SSSR count). The number of aryl methyl sites for hydroxylation is 1. The van der Waals surface area contributed by atoms with Crippen molar-refractivity contribution in [2.75, 3.05) is 7.05 Å². The lowest BCUT2D eigenvalue weighted by Gasteiger charge is -2.15. The molecule has 3 nitrogen and oxygen atoms in total. The van der Waals surface area contributed by atoms with Gasteiger partial charge < -0.3 is 5.32 Å². The highest BCUT2D eigenvalue weighted by Gasteiger charge is 2.17. The summed E-state index contributed by atoms with van der Waals surface area (Å²) in [6.45, 7) is 1.92. The number of halogens is 2. The van der Waals surface area contributed by atoms with Crippen molar-refractivity contribution < 1.29 is 4.39 Å². The molecule has 0 saturated carbocycles. The second-order valence-corrected chi connectivity index (χ2v) is 5.71. The van der Waals surface area contributed by atoms with E-state index in [4.69, 9.17) is 0 Å². The summed E-state index contributed by atoms with van der Waals surface area (Å²) >= 11 is 4.61. The Morgan fingerprint density at radius 1 is 1.50 bits per heavy atom. The summed E-state index contributed by atoms with van der Waals surface area (Å²) in [5.74, 6) is -0.195. The van der Waals surface area contributed by atoms with Gasteiger partial charge in [0.25, 0.3) is 0 Å². The molecule has 2 aromatic rings. The van der Waals surface area contributed by atoms with Crippen LogP contribution >= 0.6 is 27.5 Å². The van der Waals surface area contributed by atoms with Gasteiger partial charge in [0.15, 0.2) is 0 Å². The fraction of sp³-hybridized carbons (Fsp3) is 0.333. The van der Waals surface area contributed by atoms with Crippen LogP contribution in [0.5, 0.6) is 0 Å². The minimum absolute atomic E-state index is 0.0423. The molecule has 0 amide bonds. The Hall–Kier alpha value is -0.850. The molecule has 18 heavy (non-hydrogen) atoms. The van der Waals surface area contributed by atoms with Crippen LogP contribution in [0.3, 0.4) is 0 Å². The predicted molar refractivity (Wildman–Crippen MR) is 74.3 cm³/mol. The van der Waals surface area contributed by atoms with E-state index in [0.29, 0.717) is 12.0 Å². The maximum absolute atomic E-state index is 13.8. The van der Waals surface area contributed by atoms with E-state index in [-0.39, 0.29) is 11.9 Å². The molecule has 1 unspecified atom stereocenters. The number of benzene rings is 1.